The van der Waals surface area contributed by atoms with E-state index in [9.17, 15) is 0 Å². The summed E-state index contributed by atoms with van der Waals surface area (Å²) in [6.07, 6.45) is 1.15. The molecule has 1 nitrogen and oxygen atoms in total. The lowest BCUT2D eigenvalue weighted by Gasteiger charge is -2.11. The van der Waals surface area contributed by atoms with Crippen molar-refractivity contribution >= 4 is 43.6 Å². The molecule has 0 radical (unpaired) electrons. The summed E-state index contributed by atoms with van der Waals surface area (Å²) >= 11 is 8.89. The lowest BCUT2D eigenvalue weighted by atomic mass is 10.2. The molecule has 0 aliphatic carbocycles. The van der Waals surface area contributed by atoms with Gasteiger partial charge in [0, 0.05) is 25.3 Å². The maximum Gasteiger partial charge on any atom is 0.0217 e. The lowest BCUT2D eigenvalue weighted by molar-refractivity contribution is 0.669. The minimum atomic E-state index is 0.906. The monoisotopic (exact) mass is 413 g/mol. The molecule has 2 aromatic rings. The molecule has 106 valence electrons. The predicted octanol–water partition coefficient (Wildman–Crippen LogP) is 5.86. The second-order valence-corrected chi connectivity index (χ2v) is 7.43. The topological polar surface area (TPSA) is 12.0 Å². The first-order chi connectivity index (χ1) is 9.69. The Labute approximate surface area is 141 Å². The highest BCUT2D eigenvalue weighted by Crippen LogP contribution is 2.33. The summed E-state index contributed by atoms with van der Waals surface area (Å²) in [5.74, 6) is 0. The number of benzene rings is 2. The van der Waals surface area contributed by atoms with Gasteiger partial charge in [-0.2, -0.15) is 0 Å². The fourth-order valence-corrected chi connectivity index (χ4v) is 3.79. The van der Waals surface area contributed by atoms with Gasteiger partial charge in [0.05, 0.1) is 0 Å². The van der Waals surface area contributed by atoms with Crippen molar-refractivity contribution in [2.24, 2.45) is 0 Å². The van der Waals surface area contributed by atoms with Gasteiger partial charge in [-0.3, -0.25) is 0 Å². The van der Waals surface area contributed by atoms with Gasteiger partial charge in [-0.25, -0.2) is 0 Å². The van der Waals surface area contributed by atoms with E-state index >= 15 is 0 Å². The summed E-state index contributed by atoms with van der Waals surface area (Å²) in [6.45, 7) is 4.14. The minimum Gasteiger partial charge on any atom is -0.313 e. The van der Waals surface area contributed by atoms with E-state index < -0.39 is 0 Å². The maximum absolute atomic E-state index is 3.56. The average Bonchev–Trinajstić information content (AvgIpc) is 2.42. The molecule has 0 atom stereocenters. The Bertz CT molecular complexity index is 572. The highest BCUT2D eigenvalue weighted by molar-refractivity contribution is 9.10. The van der Waals surface area contributed by atoms with Gasteiger partial charge < -0.3 is 5.32 Å². The molecule has 0 fully saturated rings. The van der Waals surface area contributed by atoms with Gasteiger partial charge in [0.15, 0.2) is 0 Å². The van der Waals surface area contributed by atoms with Crippen molar-refractivity contribution in [2.75, 3.05) is 6.54 Å². The zero-order valence-corrected chi connectivity index (χ0v) is 15.3. The van der Waals surface area contributed by atoms with E-state index in [4.69, 9.17) is 0 Å². The van der Waals surface area contributed by atoms with Crippen molar-refractivity contribution in [3.05, 3.63) is 57.0 Å². The molecule has 1 N–H and O–H groups in total. The molecule has 0 heterocycles. The maximum atomic E-state index is 3.56. The van der Waals surface area contributed by atoms with Gasteiger partial charge in [0.2, 0.25) is 0 Å². The third-order valence-corrected chi connectivity index (χ3v) is 4.88. The minimum absolute atomic E-state index is 0.906. The van der Waals surface area contributed by atoms with Crippen LogP contribution in [0.5, 0.6) is 0 Å². The lowest BCUT2D eigenvalue weighted by Crippen LogP contribution is -2.14. The summed E-state index contributed by atoms with van der Waals surface area (Å²) in [4.78, 5) is 2.55. The van der Waals surface area contributed by atoms with Gasteiger partial charge in [-0.05, 0) is 54.9 Å². The molecular formula is C16H17Br2NS. The van der Waals surface area contributed by atoms with Crippen LogP contribution in [0.4, 0.5) is 0 Å². The fourth-order valence-electron chi connectivity index (χ4n) is 1.84. The fraction of sp³-hybridized carbons (Fsp3) is 0.250. The Morgan fingerprint density at radius 2 is 1.85 bits per heavy atom. The Morgan fingerprint density at radius 3 is 2.60 bits per heavy atom. The summed E-state index contributed by atoms with van der Waals surface area (Å²) < 4.78 is 2.25. The molecule has 0 amide bonds. The van der Waals surface area contributed by atoms with Crippen LogP contribution in [-0.4, -0.2) is 6.54 Å². The molecule has 0 aliphatic heterocycles. The smallest absolute Gasteiger partial charge is 0.0217 e. The van der Waals surface area contributed by atoms with Crippen LogP contribution in [0.1, 0.15) is 18.9 Å². The number of hydrogen-bond acceptors (Lipinski definition) is 2. The van der Waals surface area contributed by atoms with Gasteiger partial charge in [0.25, 0.3) is 0 Å². The Morgan fingerprint density at radius 1 is 1.05 bits per heavy atom. The third kappa shape index (κ3) is 4.92. The standard InChI is InChI=1S/C16H17Br2NS/c1-2-8-19-11-12-9-14(18)6-7-16(12)20-15-5-3-4-13(17)10-15/h3-7,9-10,19H,2,8,11H2,1H3. The van der Waals surface area contributed by atoms with Crippen molar-refractivity contribution in [2.45, 2.75) is 29.7 Å². The van der Waals surface area contributed by atoms with Crippen LogP contribution in [-0.2, 0) is 6.54 Å². The summed E-state index contributed by atoms with van der Waals surface area (Å²) in [5, 5.41) is 3.47. The second-order valence-electron chi connectivity index (χ2n) is 4.49. The first-order valence-corrected chi connectivity index (χ1v) is 9.02. The van der Waals surface area contributed by atoms with Crippen LogP contribution in [0.15, 0.2) is 61.2 Å². The summed E-state index contributed by atoms with van der Waals surface area (Å²) in [5.41, 5.74) is 1.33. The summed E-state index contributed by atoms with van der Waals surface area (Å²) in [7, 11) is 0. The Kier molecular flexibility index (Phi) is 6.62. The van der Waals surface area contributed by atoms with E-state index in [2.05, 4.69) is 86.6 Å². The van der Waals surface area contributed by atoms with E-state index in [1.807, 2.05) is 0 Å². The van der Waals surface area contributed by atoms with Crippen LogP contribution in [0.3, 0.4) is 0 Å². The normalized spacial score (nSPS) is 10.8. The molecular weight excluding hydrogens is 398 g/mol. The Balaban J connectivity index is 2.17. The highest BCUT2D eigenvalue weighted by Gasteiger charge is 2.06. The predicted molar refractivity (Wildman–Crippen MR) is 94.4 cm³/mol. The molecule has 0 unspecified atom stereocenters. The largest absolute Gasteiger partial charge is 0.313 e. The Hall–Kier alpha value is -0.290. The van der Waals surface area contributed by atoms with Crippen LogP contribution in [0.25, 0.3) is 0 Å². The van der Waals surface area contributed by atoms with E-state index in [1.165, 1.54) is 15.4 Å². The SMILES string of the molecule is CCCNCc1cc(Br)ccc1Sc1cccc(Br)c1. The van der Waals surface area contributed by atoms with Gasteiger partial charge in [-0.1, -0.05) is 56.6 Å². The van der Waals surface area contributed by atoms with Crippen molar-refractivity contribution in [1.29, 1.82) is 0 Å². The van der Waals surface area contributed by atoms with E-state index in [0.29, 0.717) is 0 Å². The first-order valence-electron chi connectivity index (χ1n) is 6.61. The van der Waals surface area contributed by atoms with Crippen LogP contribution in [0, 0.1) is 0 Å². The number of hydrogen-bond donors (Lipinski definition) is 1. The van der Waals surface area contributed by atoms with E-state index in [-0.39, 0.29) is 0 Å². The summed E-state index contributed by atoms with van der Waals surface area (Å²) in [6, 6.07) is 14.9. The molecule has 0 saturated heterocycles. The molecule has 0 saturated carbocycles. The van der Waals surface area contributed by atoms with Gasteiger partial charge >= 0.3 is 0 Å². The molecule has 20 heavy (non-hydrogen) atoms. The number of nitrogens with one attached hydrogen (secondary N) is 1. The average molecular weight is 415 g/mol. The molecule has 2 rings (SSSR count). The zero-order chi connectivity index (χ0) is 14.4. The molecule has 2 aromatic carbocycles. The molecule has 4 heteroatoms. The van der Waals surface area contributed by atoms with Crippen LogP contribution >= 0.6 is 43.6 Å². The molecule has 0 aromatic heterocycles. The highest BCUT2D eigenvalue weighted by atomic mass is 79.9. The zero-order valence-electron chi connectivity index (χ0n) is 11.3. The van der Waals surface area contributed by atoms with Gasteiger partial charge in [-0.15, -0.1) is 0 Å². The number of rotatable bonds is 6. The first kappa shape index (κ1) is 16.1. The van der Waals surface area contributed by atoms with Crippen LogP contribution < -0.4 is 5.32 Å². The van der Waals surface area contributed by atoms with E-state index in [0.717, 1.165) is 28.5 Å². The number of halogens is 2. The quantitative estimate of drug-likeness (QED) is 0.593. The third-order valence-electron chi connectivity index (χ3n) is 2.79. The second kappa shape index (κ2) is 8.23. The molecule has 0 bridgehead atoms. The van der Waals surface area contributed by atoms with Crippen molar-refractivity contribution in [1.82, 2.24) is 5.32 Å². The molecule has 0 spiro atoms. The van der Waals surface area contributed by atoms with Crippen LogP contribution in [0.2, 0.25) is 0 Å². The van der Waals surface area contributed by atoms with Crippen molar-refractivity contribution < 1.29 is 0 Å². The van der Waals surface area contributed by atoms with Crippen molar-refractivity contribution in [3.63, 3.8) is 0 Å². The van der Waals surface area contributed by atoms with Crippen molar-refractivity contribution in [3.8, 4) is 0 Å². The van der Waals surface area contributed by atoms with Gasteiger partial charge in [0.1, 0.15) is 0 Å². The van der Waals surface area contributed by atoms with E-state index in [1.54, 1.807) is 11.8 Å². The molecule has 0 aliphatic rings.